The van der Waals surface area contributed by atoms with Crippen molar-refractivity contribution in [3.63, 3.8) is 0 Å². The number of carbonyl (C=O) groups is 1. The van der Waals surface area contributed by atoms with E-state index in [0.717, 1.165) is 12.2 Å². The fourth-order valence-corrected chi connectivity index (χ4v) is 1.21. The Morgan fingerprint density at radius 1 is 1.14 bits per heavy atom. The van der Waals surface area contributed by atoms with Gasteiger partial charge in [0.2, 0.25) is 0 Å². The first-order valence-electron chi connectivity index (χ1n) is 4.90. The molecule has 0 saturated carbocycles. The zero-order chi connectivity index (χ0) is 10.4. The van der Waals surface area contributed by atoms with E-state index in [2.05, 4.69) is 10.6 Å². The summed E-state index contributed by atoms with van der Waals surface area (Å²) in [4.78, 5) is 11.4. The van der Waals surface area contributed by atoms with Crippen molar-refractivity contribution in [1.82, 2.24) is 5.32 Å². The summed E-state index contributed by atoms with van der Waals surface area (Å²) < 4.78 is 0. The smallest absolute Gasteiger partial charge is 0.251 e. The maximum absolute atomic E-state index is 11.4. The highest BCUT2D eigenvalue weighted by molar-refractivity contribution is 5.94. The van der Waals surface area contributed by atoms with E-state index in [1.165, 1.54) is 0 Å². The van der Waals surface area contributed by atoms with Gasteiger partial charge in [-0.05, 0) is 38.1 Å². The molecule has 0 aliphatic rings. The zero-order valence-electron chi connectivity index (χ0n) is 8.63. The Morgan fingerprint density at radius 3 is 2.29 bits per heavy atom. The topological polar surface area (TPSA) is 41.1 Å². The van der Waals surface area contributed by atoms with Crippen LogP contribution in [0.15, 0.2) is 24.3 Å². The van der Waals surface area contributed by atoms with Gasteiger partial charge in [0, 0.05) is 24.3 Å². The van der Waals surface area contributed by atoms with Crippen LogP contribution in [0.5, 0.6) is 0 Å². The number of rotatable bonds is 4. The van der Waals surface area contributed by atoms with E-state index in [1.807, 2.05) is 38.1 Å². The Labute approximate surface area is 84.5 Å². The molecular formula is C11H16N2O. The Balaban J connectivity index is 2.67. The summed E-state index contributed by atoms with van der Waals surface area (Å²) in [6, 6.07) is 7.47. The summed E-state index contributed by atoms with van der Waals surface area (Å²) in [6.45, 7) is 5.50. The van der Waals surface area contributed by atoms with Gasteiger partial charge >= 0.3 is 0 Å². The van der Waals surface area contributed by atoms with Gasteiger partial charge in [0.15, 0.2) is 0 Å². The standard InChI is InChI=1S/C11H16N2O/c1-3-12-10-7-5-9(6-8-10)11(14)13-4-2/h5-8,12H,3-4H2,1-2H3,(H,13,14). The quantitative estimate of drug-likeness (QED) is 0.764. The monoisotopic (exact) mass is 192 g/mol. The van der Waals surface area contributed by atoms with Gasteiger partial charge < -0.3 is 10.6 Å². The van der Waals surface area contributed by atoms with Gasteiger partial charge in [0.1, 0.15) is 0 Å². The normalized spacial score (nSPS) is 9.57. The van der Waals surface area contributed by atoms with Crippen molar-refractivity contribution in [3.05, 3.63) is 29.8 Å². The van der Waals surface area contributed by atoms with Crippen LogP contribution in [0.4, 0.5) is 5.69 Å². The van der Waals surface area contributed by atoms with Crippen molar-refractivity contribution < 1.29 is 4.79 Å². The van der Waals surface area contributed by atoms with Crippen molar-refractivity contribution >= 4 is 11.6 Å². The van der Waals surface area contributed by atoms with Gasteiger partial charge in [-0.25, -0.2) is 0 Å². The van der Waals surface area contributed by atoms with Gasteiger partial charge in [0.25, 0.3) is 5.91 Å². The molecule has 0 radical (unpaired) electrons. The molecule has 14 heavy (non-hydrogen) atoms. The first-order chi connectivity index (χ1) is 6.77. The fraction of sp³-hybridized carbons (Fsp3) is 0.364. The van der Waals surface area contributed by atoms with Crippen molar-refractivity contribution in [2.24, 2.45) is 0 Å². The lowest BCUT2D eigenvalue weighted by atomic mass is 10.2. The van der Waals surface area contributed by atoms with Crippen LogP contribution in [0.1, 0.15) is 24.2 Å². The molecule has 1 aromatic carbocycles. The molecule has 0 bridgehead atoms. The molecule has 0 aliphatic carbocycles. The maximum Gasteiger partial charge on any atom is 0.251 e. The highest BCUT2D eigenvalue weighted by atomic mass is 16.1. The molecule has 2 N–H and O–H groups in total. The summed E-state index contributed by atoms with van der Waals surface area (Å²) in [5, 5.41) is 5.93. The van der Waals surface area contributed by atoms with E-state index in [-0.39, 0.29) is 5.91 Å². The maximum atomic E-state index is 11.4. The van der Waals surface area contributed by atoms with Crippen LogP contribution in [-0.4, -0.2) is 19.0 Å². The largest absolute Gasteiger partial charge is 0.385 e. The minimum absolute atomic E-state index is 0.0180. The van der Waals surface area contributed by atoms with Crippen LogP contribution < -0.4 is 10.6 Å². The highest BCUT2D eigenvalue weighted by Crippen LogP contribution is 2.08. The Hall–Kier alpha value is -1.51. The predicted molar refractivity (Wildman–Crippen MR) is 58.6 cm³/mol. The van der Waals surface area contributed by atoms with E-state index in [9.17, 15) is 4.79 Å². The van der Waals surface area contributed by atoms with Crippen LogP contribution in [-0.2, 0) is 0 Å². The zero-order valence-corrected chi connectivity index (χ0v) is 8.63. The molecule has 0 atom stereocenters. The number of anilines is 1. The summed E-state index contributed by atoms with van der Waals surface area (Å²) in [7, 11) is 0. The Bertz CT molecular complexity index is 293. The molecule has 3 nitrogen and oxygen atoms in total. The average Bonchev–Trinajstić information content (AvgIpc) is 2.20. The predicted octanol–water partition coefficient (Wildman–Crippen LogP) is 1.87. The summed E-state index contributed by atoms with van der Waals surface area (Å²) in [5.41, 5.74) is 1.74. The first kappa shape index (κ1) is 10.6. The van der Waals surface area contributed by atoms with E-state index in [4.69, 9.17) is 0 Å². The van der Waals surface area contributed by atoms with Gasteiger partial charge in [-0.1, -0.05) is 0 Å². The number of amides is 1. The number of carbonyl (C=O) groups excluding carboxylic acids is 1. The highest BCUT2D eigenvalue weighted by Gasteiger charge is 2.02. The van der Waals surface area contributed by atoms with Crippen molar-refractivity contribution in [3.8, 4) is 0 Å². The first-order valence-corrected chi connectivity index (χ1v) is 4.90. The second-order valence-corrected chi connectivity index (χ2v) is 2.97. The Morgan fingerprint density at radius 2 is 1.79 bits per heavy atom. The molecule has 0 aromatic heterocycles. The minimum Gasteiger partial charge on any atom is -0.385 e. The molecule has 76 valence electrons. The summed E-state index contributed by atoms with van der Waals surface area (Å²) >= 11 is 0. The van der Waals surface area contributed by atoms with Crippen LogP contribution in [0.25, 0.3) is 0 Å². The SMILES string of the molecule is CCNC(=O)c1ccc(NCC)cc1. The molecule has 0 fully saturated rings. The third kappa shape index (κ3) is 2.76. The van der Waals surface area contributed by atoms with Gasteiger partial charge in [0.05, 0.1) is 0 Å². The second kappa shape index (κ2) is 5.27. The molecule has 0 aliphatic heterocycles. The van der Waals surface area contributed by atoms with Crippen LogP contribution in [0.2, 0.25) is 0 Å². The lowest BCUT2D eigenvalue weighted by Crippen LogP contribution is -2.22. The molecule has 1 aromatic rings. The summed E-state index contributed by atoms with van der Waals surface area (Å²) in [5.74, 6) is -0.0180. The lowest BCUT2D eigenvalue weighted by Gasteiger charge is -2.05. The minimum atomic E-state index is -0.0180. The number of benzene rings is 1. The van der Waals surface area contributed by atoms with E-state index in [0.29, 0.717) is 12.1 Å². The molecule has 1 amide bonds. The number of hydrogen-bond acceptors (Lipinski definition) is 2. The van der Waals surface area contributed by atoms with Gasteiger partial charge in [-0.2, -0.15) is 0 Å². The second-order valence-electron chi connectivity index (χ2n) is 2.97. The van der Waals surface area contributed by atoms with Crippen LogP contribution in [0, 0.1) is 0 Å². The van der Waals surface area contributed by atoms with Gasteiger partial charge in [-0.3, -0.25) is 4.79 Å². The third-order valence-corrected chi connectivity index (χ3v) is 1.87. The Kier molecular flexibility index (Phi) is 3.98. The molecule has 0 spiro atoms. The van der Waals surface area contributed by atoms with Gasteiger partial charge in [-0.15, -0.1) is 0 Å². The molecule has 0 heterocycles. The van der Waals surface area contributed by atoms with Crippen LogP contribution >= 0.6 is 0 Å². The van der Waals surface area contributed by atoms with Crippen molar-refractivity contribution in [2.75, 3.05) is 18.4 Å². The molecule has 0 saturated heterocycles. The van der Waals surface area contributed by atoms with Crippen LogP contribution in [0.3, 0.4) is 0 Å². The van der Waals surface area contributed by atoms with E-state index < -0.39 is 0 Å². The average molecular weight is 192 g/mol. The van der Waals surface area contributed by atoms with Crippen molar-refractivity contribution in [1.29, 1.82) is 0 Å². The van der Waals surface area contributed by atoms with E-state index in [1.54, 1.807) is 0 Å². The summed E-state index contributed by atoms with van der Waals surface area (Å²) in [6.07, 6.45) is 0. The van der Waals surface area contributed by atoms with E-state index >= 15 is 0 Å². The molecular weight excluding hydrogens is 176 g/mol. The third-order valence-electron chi connectivity index (χ3n) is 1.87. The number of nitrogens with one attached hydrogen (secondary N) is 2. The lowest BCUT2D eigenvalue weighted by molar-refractivity contribution is 0.0956. The number of hydrogen-bond donors (Lipinski definition) is 2. The van der Waals surface area contributed by atoms with Crippen molar-refractivity contribution in [2.45, 2.75) is 13.8 Å². The molecule has 3 heteroatoms. The molecule has 1 rings (SSSR count). The molecule has 0 unspecified atom stereocenters. The fourth-order valence-electron chi connectivity index (χ4n) is 1.21.